The highest BCUT2D eigenvalue weighted by atomic mass is 16.5. The highest BCUT2D eigenvalue weighted by Crippen LogP contribution is 2.31. The summed E-state index contributed by atoms with van der Waals surface area (Å²) in [5.41, 5.74) is 3.27. The van der Waals surface area contributed by atoms with Gasteiger partial charge >= 0.3 is 0 Å². The van der Waals surface area contributed by atoms with Gasteiger partial charge in [-0.2, -0.15) is 0 Å². The molecule has 0 radical (unpaired) electrons. The molecule has 2 aromatic carbocycles. The number of amides is 1. The first-order valence-corrected chi connectivity index (χ1v) is 7.60. The molecule has 0 aliphatic carbocycles. The van der Waals surface area contributed by atoms with E-state index in [4.69, 9.17) is 4.74 Å². The summed E-state index contributed by atoms with van der Waals surface area (Å²) in [6, 6.07) is 16.3. The van der Waals surface area contributed by atoms with Crippen molar-refractivity contribution in [3.63, 3.8) is 0 Å². The summed E-state index contributed by atoms with van der Waals surface area (Å²) in [6.45, 7) is 7.56. The third kappa shape index (κ3) is 4.10. The van der Waals surface area contributed by atoms with Crippen LogP contribution in [0.25, 0.3) is 11.1 Å². The molecule has 0 saturated carbocycles. The van der Waals surface area contributed by atoms with Gasteiger partial charge in [-0.1, -0.05) is 42.5 Å². The number of para-hydroxylation sites is 1. The van der Waals surface area contributed by atoms with Crippen molar-refractivity contribution in [2.75, 3.05) is 0 Å². The number of nitrogens with one attached hydrogen (secondary N) is 1. The van der Waals surface area contributed by atoms with Gasteiger partial charge in [0, 0.05) is 12.5 Å². The van der Waals surface area contributed by atoms with Crippen molar-refractivity contribution in [3.8, 4) is 16.9 Å². The number of benzene rings is 2. The largest absolute Gasteiger partial charge is 0.490 e. The molecular weight excluding hydrogens is 274 g/mol. The topological polar surface area (TPSA) is 38.3 Å². The monoisotopic (exact) mass is 297 g/mol. The highest BCUT2D eigenvalue weighted by molar-refractivity contribution is 5.74. The van der Waals surface area contributed by atoms with Gasteiger partial charge in [0.05, 0.1) is 12.1 Å². The molecule has 0 saturated heterocycles. The maximum atomic E-state index is 11.1. The number of hydrogen-bond acceptors (Lipinski definition) is 2. The van der Waals surface area contributed by atoms with E-state index in [9.17, 15) is 4.79 Å². The Morgan fingerprint density at radius 1 is 1.00 bits per heavy atom. The fourth-order valence-electron chi connectivity index (χ4n) is 2.40. The van der Waals surface area contributed by atoms with Crippen molar-refractivity contribution >= 4 is 5.91 Å². The summed E-state index contributed by atoms with van der Waals surface area (Å²) in [5, 5.41) is 2.89. The predicted molar refractivity (Wildman–Crippen MR) is 89.9 cm³/mol. The Morgan fingerprint density at radius 2 is 1.64 bits per heavy atom. The Balaban J connectivity index is 2.26. The highest BCUT2D eigenvalue weighted by Gasteiger charge is 2.09. The van der Waals surface area contributed by atoms with Crippen LogP contribution in [0.2, 0.25) is 0 Å². The zero-order chi connectivity index (χ0) is 16.1. The van der Waals surface area contributed by atoms with Crippen molar-refractivity contribution in [2.24, 2.45) is 0 Å². The van der Waals surface area contributed by atoms with Crippen LogP contribution in [0.15, 0.2) is 48.5 Å². The summed E-state index contributed by atoms with van der Waals surface area (Å²) in [7, 11) is 0. The molecular formula is C19H23NO2. The average molecular weight is 297 g/mol. The first kappa shape index (κ1) is 16.1. The van der Waals surface area contributed by atoms with E-state index in [2.05, 4.69) is 23.5 Å². The van der Waals surface area contributed by atoms with E-state index in [1.807, 2.05) is 51.1 Å². The smallest absolute Gasteiger partial charge is 0.217 e. The van der Waals surface area contributed by atoms with Crippen molar-refractivity contribution in [1.82, 2.24) is 5.32 Å². The van der Waals surface area contributed by atoms with Crippen molar-refractivity contribution < 1.29 is 9.53 Å². The molecule has 2 aromatic rings. The number of carbonyl (C=O) groups excluding carboxylic acids is 1. The lowest BCUT2D eigenvalue weighted by Gasteiger charge is -2.16. The molecule has 1 atom stereocenters. The fourth-order valence-corrected chi connectivity index (χ4v) is 2.40. The van der Waals surface area contributed by atoms with Crippen LogP contribution < -0.4 is 10.1 Å². The Bertz CT molecular complexity index is 632. The fraction of sp³-hybridized carbons (Fsp3) is 0.316. The standard InChI is InChI=1S/C19H23NO2/c1-13(2)22-19-8-6-5-7-18(19)17-11-9-16(10-12-17)14(3)20-15(4)21/h5-14H,1-4H3,(H,20,21)/t14-/m1/s1. The second-order valence-corrected chi connectivity index (χ2v) is 5.71. The minimum Gasteiger partial charge on any atom is -0.490 e. The first-order valence-electron chi connectivity index (χ1n) is 7.60. The molecule has 116 valence electrons. The summed E-state index contributed by atoms with van der Waals surface area (Å²) >= 11 is 0. The third-order valence-corrected chi connectivity index (χ3v) is 3.39. The van der Waals surface area contributed by atoms with E-state index in [0.29, 0.717) is 0 Å². The minimum atomic E-state index is -0.0211. The summed E-state index contributed by atoms with van der Waals surface area (Å²) in [4.78, 5) is 11.1. The van der Waals surface area contributed by atoms with Crippen LogP contribution in [0.5, 0.6) is 5.75 Å². The van der Waals surface area contributed by atoms with Crippen LogP contribution in [0.4, 0.5) is 0 Å². The molecule has 1 amide bonds. The van der Waals surface area contributed by atoms with Crippen LogP contribution in [0.1, 0.15) is 39.3 Å². The van der Waals surface area contributed by atoms with Crippen LogP contribution in [-0.2, 0) is 4.79 Å². The van der Waals surface area contributed by atoms with E-state index in [1.165, 1.54) is 6.92 Å². The SMILES string of the molecule is CC(=O)N[C@H](C)c1ccc(-c2ccccc2OC(C)C)cc1. The maximum absolute atomic E-state index is 11.1. The molecule has 0 aliphatic rings. The van der Waals surface area contributed by atoms with E-state index in [1.54, 1.807) is 0 Å². The molecule has 2 rings (SSSR count). The number of ether oxygens (including phenoxy) is 1. The predicted octanol–water partition coefficient (Wildman–Crippen LogP) is 4.34. The van der Waals surface area contributed by atoms with Crippen LogP contribution >= 0.6 is 0 Å². The molecule has 0 fully saturated rings. The van der Waals surface area contributed by atoms with Gasteiger partial charge in [-0.25, -0.2) is 0 Å². The molecule has 0 aromatic heterocycles. The molecule has 1 N–H and O–H groups in total. The van der Waals surface area contributed by atoms with Gasteiger partial charge in [0.1, 0.15) is 5.75 Å². The lowest BCUT2D eigenvalue weighted by atomic mass is 10.0. The Labute approximate surface area is 132 Å². The maximum Gasteiger partial charge on any atom is 0.217 e. The molecule has 3 nitrogen and oxygen atoms in total. The van der Waals surface area contributed by atoms with Crippen molar-refractivity contribution in [2.45, 2.75) is 39.8 Å². The molecule has 0 spiro atoms. The van der Waals surface area contributed by atoms with E-state index in [0.717, 1.165) is 22.4 Å². The van der Waals surface area contributed by atoms with Crippen LogP contribution in [0.3, 0.4) is 0 Å². The van der Waals surface area contributed by atoms with Crippen LogP contribution in [-0.4, -0.2) is 12.0 Å². The van der Waals surface area contributed by atoms with E-state index >= 15 is 0 Å². The van der Waals surface area contributed by atoms with Gasteiger partial charge in [-0.05, 0) is 38.0 Å². The zero-order valence-electron chi connectivity index (χ0n) is 13.6. The summed E-state index contributed by atoms with van der Waals surface area (Å²) in [6.07, 6.45) is 0.139. The summed E-state index contributed by atoms with van der Waals surface area (Å²) in [5.74, 6) is 0.868. The normalized spacial score (nSPS) is 12.0. The van der Waals surface area contributed by atoms with Gasteiger partial charge in [0.25, 0.3) is 0 Å². The van der Waals surface area contributed by atoms with E-state index in [-0.39, 0.29) is 18.1 Å². The number of rotatable bonds is 5. The van der Waals surface area contributed by atoms with Crippen LogP contribution in [0, 0.1) is 0 Å². The van der Waals surface area contributed by atoms with Gasteiger partial charge in [0.15, 0.2) is 0 Å². The van der Waals surface area contributed by atoms with E-state index < -0.39 is 0 Å². The number of carbonyl (C=O) groups is 1. The molecule has 22 heavy (non-hydrogen) atoms. The molecule has 3 heteroatoms. The van der Waals surface area contributed by atoms with Crippen molar-refractivity contribution in [1.29, 1.82) is 0 Å². The van der Waals surface area contributed by atoms with Gasteiger partial charge in [0.2, 0.25) is 5.91 Å². The molecule has 0 bridgehead atoms. The first-order chi connectivity index (χ1) is 10.5. The quantitative estimate of drug-likeness (QED) is 0.891. The second-order valence-electron chi connectivity index (χ2n) is 5.71. The lowest BCUT2D eigenvalue weighted by molar-refractivity contribution is -0.119. The third-order valence-electron chi connectivity index (χ3n) is 3.39. The van der Waals surface area contributed by atoms with Crippen molar-refractivity contribution in [3.05, 3.63) is 54.1 Å². The Morgan fingerprint density at radius 3 is 2.23 bits per heavy atom. The lowest BCUT2D eigenvalue weighted by Crippen LogP contribution is -2.23. The average Bonchev–Trinajstić information content (AvgIpc) is 2.47. The van der Waals surface area contributed by atoms with Gasteiger partial charge in [-0.15, -0.1) is 0 Å². The minimum absolute atomic E-state index is 0.00806. The Hall–Kier alpha value is -2.29. The summed E-state index contributed by atoms with van der Waals surface area (Å²) < 4.78 is 5.87. The molecule has 0 unspecified atom stereocenters. The number of hydrogen-bond donors (Lipinski definition) is 1. The van der Waals surface area contributed by atoms with Gasteiger partial charge < -0.3 is 10.1 Å². The zero-order valence-corrected chi connectivity index (χ0v) is 13.6. The second kappa shape index (κ2) is 7.12. The molecule has 0 aliphatic heterocycles. The van der Waals surface area contributed by atoms with Gasteiger partial charge in [-0.3, -0.25) is 4.79 Å². The molecule has 0 heterocycles. The Kier molecular flexibility index (Phi) is 5.21.